The van der Waals surface area contributed by atoms with Gasteiger partial charge in [0.05, 0.1) is 27.2 Å². The first kappa shape index (κ1) is 18.8. The number of rotatable bonds is 4. The molecule has 7 heteroatoms. The predicted molar refractivity (Wildman–Crippen MR) is 104 cm³/mol. The summed E-state index contributed by atoms with van der Waals surface area (Å²) in [5, 5.41) is 11.4. The van der Waals surface area contributed by atoms with Crippen molar-refractivity contribution >= 4 is 23.0 Å². The van der Waals surface area contributed by atoms with E-state index in [2.05, 4.69) is 4.98 Å². The number of Topliss-reactive ketones (excluding diaryl/α,β-unsaturated/α-hetero) is 1. The molecule has 28 heavy (non-hydrogen) atoms. The molecule has 2 aromatic rings. The molecule has 0 saturated heterocycles. The Morgan fingerprint density at radius 2 is 1.86 bits per heavy atom. The lowest BCUT2D eigenvalue weighted by atomic mass is 9.94. The number of benzene rings is 1. The highest BCUT2D eigenvalue weighted by atomic mass is 32.1. The fraction of sp³-hybridized carbons (Fsp3) is 0.381. The van der Waals surface area contributed by atoms with Gasteiger partial charge < -0.3 is 10.0 Å². The van der Waals surface area contributed by atoms with Crippen LogP contribution in [0.2, 0.25) is 0 Å². The molecule has 0 bridgehead atoms. The zero-order chi connectivity index (χ0) is 20.0. The summed E-state index contributed by atoms with van der Waals surface area (Å²) in [5.41, 5.74) is 1.26. The van der Waals surface area contributed by atoms with Crippen LogP contribution in [-0.2, 0) is 4.79 Å². The van der Waals surface area contributed by atoms with E-state index in [0.717, 1.165) is 30.7 Å². The van der Waals surface area contributed by atoms with Gasteiger partial charge in [-0.1, -0.05) is 25.0 Å². The first-order chi connectivity index (χ1) is 13.4. The number of aryl methyl sites for hydroxylation is 2. The van der Waals surface area contributed by atoms with Gasteiger partial charge in [-0.25, -0.2) is 9.37 Å². The van der Waals surface area contributed by atoms with Gasteiger partial charge in [-0.3, -0.25) is 9.59 Å². The lowest BCUT2D eigenvalue weighted by Crippen LogP contribution is -2.38. The Bertz CT molecular complexity index is 974. The number of aliphatic hydroxyl groups is 1. The van der Waals surface area contributed by atoms with Crippen LogP contribution in [0.1, 0.15) is 57.7 Å². The van der Waals surface area contributed by atoms with Gasteiger partial charge in [0.2, 0.25) is 5.78 Å². The van der Waals surface area contributed by atoms with Crippen molar-refractivity contribution in [2.24, 2.45) is 0 Å². The third-order valence-corrected chi connectivity index (χ3v) is 6.57. The molecule has 1 aromatic carbocycles. The molecule has 1 amide bonds. The highest BCUT2D eigenvalue weighted by Crippen LogP contribution is 2.43. The van der Waals surface area contributed by atoms with Crippen molar-refractivity contribution in [3.63, 3.8) is 0 Å². The number of ketones is 1. The molecule has 0 spiro atoms. The minimum Gasteiger partial charge on any atom is -0.503 e. The highest BCUT2D eigenvalue weighted by Gasteiger charge is 2.47. The number of aromatic nitrogens is 1. The first-order valence-corrected chi connectivity index (χ1v) is 10.2. The fourth-order valence-corrected chi connectivity index (χ4v) is 5.12. The van der Waals surface area contributed by atoms with E-state index >= 15 is 0 Å². The largest absolute Gasteiger partial charge is 0.503 e. The van der Waals surface area contributed by atoms with Crippen molar-refractivity contribution in [2.75, 3.05) is 0 Å². The van der Waals surface area contributed by atoms with E-state index in [4.69, 9.17) is 0 Å². The summed E-state index contributed by atoms with van der Waals surface area (Å²) in [6, 6.07) is 5.01. The van der Waals surface area contributed by atoms with Crippen LogP contribution in [0, 0.1) is 19.7 Å². The molecule has 1 N–H and O–H groups in total. The number of amides is 1. The van der Waals surface area contributed by atoms with E-state index in [-0.39, 0.29) is 17.4 Å². The minimum atomic E-state index is -0.717. The molecule has 2 aliphatic rings. The molecule has 1 saturated carbocycles. The van der Waals surface area contributed by atoms with Crippen LogP contribution in [0.15, 0.2) is 35.6 Å². The molecule has 4 rings (SSSR count). The molecule has 1 fully saturated rings. The fourth-order valence-electron chi connectivity index (χ4n) is 4.25. The number of carbonyl (C=O) groups excluding carboxylic acids is 2. The Hall–Kier alpha value is -2.54. The molecule has 1 aliphatic heterocycles. The van der Waals surface area contributed by atoms with Crippen molar-refractivity contribution in [3.05, 3.63) is 62.6 Å². The zero-order valence-corrected chi connectivity index (χ0v) is 16.6. The molecule has 5 nitrogen and oxygen atoms in total. The lowest BCUT2D eigenvalue weighted by molar-refractivity contribution is -0.131. The van der Waals surface area contributed by atoms with Crippen LogP contribution < -0.4 is 0 Å². The normalized spacial score (nSPS) is 20.5. The average molecular weight is 400 g/mol. The molecular formula is C21H21FN2O3S. The van der Waals surface area contributed by atoms with Gasteiger partial charge in [0.25, 0.3) is 5.91 Å². The summed E-state index contributed by atoms with van der Waals surface area (Å²) in [6.07, 6.45) is 3.66. The molecule has 1 atom stereocenters. The summed E-state index contributed by atoms with van der Waals surface area (Å²) in [5.74, 6) is -1.81. The molecule has 1 aliphatic carbocycles. The Morgan fingerprint density at radius 3 is 2.43 bits per heavy atom. The lowest BCUT2D eigenvalue weighted by Gasteiger charge is -2.32. The number of hydrogen-bond acceptors (Lipinski definition) is 5. The maximum absolute atomic E-state index is 13.5. The maximum atomic E-state index is 13.5. The smallest absolute Gasteiger partial charge is 0.290 e. The Morgan fingerprint density at radius 1 is 1.21 bits per heavy atom. The quantitative estimate of drug-likeness (QED) is 0.772. The van der Waals surface area contributed by atoms with Crippen LogP contribution in [-0.4, -0.2) is 32.7 Å². The van der Waals surface area contributed by atoms with E-state index in [1.54, 1.807) is 24.0 Å². The van der Waals surface area contributed by atoms with Crippen LogP contribution in [0.5, 0.6) is 0 Å². The van der Waals surface area contributed by atoms with Crippen molar-refractivity contribution < 1.29 is 19.1 Å². The van der Waals surface area contributed by atoms with Gasteiger partial charge in [0.1, 0.15) is 5.82 Å². The van der Waals surface area contributed by atoms with Crippen molar-refractivity contribution in [1.82, 2.24) is 9.88 Å². The summed E-state index contributed by atoms with van der Waals surface area (Å²) >= 11 is 1.25. The third kappa shape index (κ3) is 3.03. The second-order valence-corrected chi connectivity index (χ2v) is 8.55. The third-order valence-electron chi connectivity index (χ3n) is 5.50. The number of halogens is 1. The molecule has 2 heterocycles. The van der Waals surface area contributed by atoms with Gasteiger partial charge >= 0.3 is 0 Å². The summed E-state index contributed by atoms with van der Waals surface area (Å²) in [7, 11) is 0. The maximum Gasteiger partial charge on any atom is 0.290 e. The van der Waals surface area contributed by atoms with E-state index in [9.17, 15) is 19.1 Å². The topological polar surface area (TPSA) is 70.5 Å². The summed E-state index contributed by atoms with van der Waals surface area (Å²) in [6.45, 7) is 3.55. The number of thiazole rings is 1. The van der Waals surface area contributed by atoms with Crippen molar-refractivity contribution in [2.45, 2.75) is 51.6 Å². The van der Waals surface area contributed by atoms with Crippen LogP contribution >= 0.6 is 11.3 Å². The van der Waals surface area contributed by atoms with Gasteiger partial charge in [-0.15, -0.1) is 11.3 Å². The van der Waals surface area contributed by atoms with Crippen LogP contribution in [0.4, 0.5) is 4.39 Å². The number of nitrogens with zero attached hydrogens (tertiary/aromatic N) is 2. The first-order valence-electron chi connectivity index (χ1n) is 9.38. The summed E-state index contributed by atoms with van der Waals surface area (Å²) < 4.78 is 13.5. The molecule has 146 valence electrons. The van der Waals surface area contributed by atoms with Crippen molar-refractivity contribution in [3.8, 4) is 0 Å². The standard InChI is InChI=1S/C21H21FN2O3S/c1-11-20(28-12(2)23-11)18(25)16-17(13-7-9-14(22)10-8-13)24(21(27)19(16)26)15-5-3-4-6-15/h7-10,15,17,26H,3-6H2,1-2H3. The number of hydrogen-bond donors (Lipinski definition) is 1. The van der Waals surface area contributed by atoms with Crippen LogP contribution in [0.25, 0.3) is 0 Å². The zero-order valence-electron chi connectivity index (χ0n) is 15.7. The average Bonchev–Trinajstić information content (AvgIpc) is 3.35. The second-order valence-electron chi connectivity index (χ2n) is 7.34. The van der Waals surface area contributed by atoms with Gasteiger partial charge in [-0.05, 0) is 44.4 Å². The SMILES string of the molecule is Cc1nc(C)c(C(=O)C2=C(O)C(=O)N(C3CCCC3)C2c2ccc(F)cc2)s1. The molecule has 1 unspecified atom stereocenters. The predicted octanol–water partition coefficient (Wildman–Crippen LogP) is 4.42. The van der Waals surface area contributed by atoms with Crippen molar-refractivity contribution in [1.29, 1.82) is 0 Å². The van der Waals surface area contributed by atoms with Crippen LogP contribution in [0.3, 0.4) is 0 Å². The van der Waals surface area contributed by atoms with E-state index in [1.165, 1.54) is 23.5 Å². The monoisotopic (exact) mass is 400 g/mol. The Balaban J connectivity index is 1.83. The number of aliphatic hydroxyl groups excluding tert-OH is 1. The van der Waals surface area contributed by atoms with Gasteiger partial charge in [0.15, 0.2) is 5.76 Å². The second kappa shape index (κ2) is 7.13. The highest BCUT2D eigenvalue weighted by molar-refractivity contribution is 7.14. The molecule has 1 aromatic heterocycles. The van der Waals surface area contributed by atoms with Gasteiger partial charge in [0, 0.05) is 6.04 Å². The minimum absolute atomic E-state index is 0.0423. The molecular weight excluding hydrogens is 379 g/mol. The van der Waals surface area contributed by atoms with E-state index in [0.29, 0.717) is 16.1 Å². The molecule has 0 radical (unpaired) electrons. The Labute approximate surface area is 166 Å². The summed E-state index contributed by atoms with van der Waals surface area (Å²) in [4.78, 5) is 32.6. The van der Waals surface area contributed by atoms with E-state index < -0.39 is 23.5 Å². The van der Waals surface area contributed by atoms with E-state index in [1.807, 2.05) is 6.92 Å². The Kier molecular flexibility index (Phi) is 4.79. The van der Waals surface area contributed by atoms with Gasteiger partial charge in [-0.2, -0.15) is 0 Å². The number of carbonyl (C=O) groups is 2.